The van der Waals surface area contributed by atoms with Gasteiger partial charge in [0.05, 0.1) is 17.7 Å². The number of hydrogen-bond acceptors (Lipinski definition) is 3. The lowest BCUT2D eigenvalue weighted by molar-refractivity contribution is -0.129. The molecule has 4 nitrogen and oxygen atoms in total. The Hall–Kier alpha value is -1.39. The third kappa shape index (κ3) is 2.80. The van der Waals surface area contributed by atoms with Crippen LogP contribution in [0.3, 0.4) is 0 Å². The third-order valence-electron chi connectivity index (χ3n) is 3.99. The lowest BCUT2D eigenvalue weighted by Gasteiger charge is -2.34. The number of nitrogens with one attached hydrogen (secondary N) is 2. The van der Waals surface area contributed by atoms with Crippen molar-refractivity contribution in [1.82, 2.24) is 10.6 Å². The predicted octanol–water partition coefficient (Wildman–Crippen LogP) is 1.15. The molecular weight excluding hydrogens is 240 g/mol. The lowest BCUT2D eigenvalue weighted by atomic mass is 9.90. The number of aliphatic hydroxyl groups is 1. The minimum absolute atomic E-state index is 0.0506. The maximum Gasteiger partial charge on any atom is 0.240 e. The number of benzene rings is 1. The fourth-order valence-corrected chi connectivity index (χ4v) is 2.49. The molecule has 0 spiro atoms. The van der Waals surface area contributed by atoms with Crippen molar-refractivity contribution >= 4 is 5.91 Å². The molecule has 1 heterocycles. The number of carbonyl (C=O) groups excluding carboxylic acids is 1. The number of hydrogen-bond donors (Lipinski definition) is 3. The summed E-state index contributed by atoms with van der Waals surface area (Å²) in [6.45, 7) is 4.50. The fourth-order valence-electron chi connectivity index (χ4n) is 2.49. The second-order valence-electron chi connectivity index (χ2n) is 5.67. The standard InChI is InChI=1S/C15H22N2O2/c1-14(9-6-10-16-14)13(19)17-15(2,11-18)12-7-4-3-5-8-12/h3-5,7-8,16,18H,6,9-11H2,1-2H3,(H,17,19). The summed E-state index contributed by atoms with van der Waals surface area (Å²) >= 11 is 0. The molecule has 104 valence electrons. The summed E-state index contributed by atoms with van der Waals surface area (Å²) < 4.78 is 0. The van der Waals surface area contributed by atoms with Gasteiger partial charge in [0.1, 0.15) is 0 Å². The van der Waals surface area contributed by atoms with Crippen LogP contribution in [0.1, 0.15) is 32.3 Å². The average Bonchev–Trinajstić information content (AvgIpc) is 2.88. The zero-order valence-corrected chi connectivity index (χ0v) is 11.6. The van der Waals surface area contributed by atoms with Gasteiger partial charge in [-0.3, -0.25) is 4.79 Å². The highest BCUT2D eigenvalue weighted by Gasteiger charge is 2.39. The molecular formula is C15H22N2O2. The highest BCUT2D eigenvalue weighted by Crippen LogP contribution is 2.24. The molecule has 1 aliphatic heterocycles. The Balaban J connectivity index is 2.17. The van der Waals surface area contributed by atoms with E-state index in [4.69, 9.17) is 0 Å². The van der Waals surface area contributed by atoms with Gasteiger partial charge in [0.25, 0.3) is 0 Å². The molecule has 2 unspecified atom stereocenters. The fraction of sp³-hybridized carbons (Fsp3) is 0.533. The first-order valence-electron chi connectivity index (χ1n) is 6.74. The van der Waals surface area contributed by atoms with Crippen LogP contribution in [0.15, 0.2) is 30.3 Å². The van der Waals surface area contributed by atoms with Crippen molar-refractivity contribution in [3.63, 3.8) is 0 Å². The van der Waals surface area contributed by atoms with Crippen molar-refractivity contribution in [2.24, 2.45) is 0 Å². The maximum absolute atomic E-state index is 12.4. The summed E-state index contributed by atoms with van der Waals surface area (Å²) in [5, 5.41) is 15.9. The predicted molar refractivity (Wildman–Crippen MR) is 74.7 cm³/mol. The van der Waals surface area contributed by atoms with E-state index in [1.165, 1.54) is 0 Å². The van der Waals surface area contributed by atoms with Gasteiger partial charge in [-0.15, -0.1) is 0 Å². The van der Waals surface area contributed by atoms with Crippen molar-refractivity contribution < 1.29 is 9.90 Å². The molecule has 1 aromatic rings. The van der Waals surface area contributed by atoms with Gasteiger partial charge >= 0.3 is 0 Å². The second-order valence-corrected chi connectivity index (χ2v) is 5.67. The van der Waals surface area contributed by atoms with Crippen molar-refractivity contribution in [1.29, 1.82) is 0 Å². The number of carbonyl (C=O) groups is 1. The van der Waals surface area contributed by atoms with Crippen LogP contribution >= 0.6 is 0 Å². The highest BCUT2D eigenvalue weighted by molar-refractivity contribution is 5.87. The second kappa shape index (κ2) is 5.31. The van der Waals surface area contributed by atoms with E-state index in [9.17, 15) is 9.90 Å². The molecule has 0 aromatic heterocycles. The van der Waals surface area contributed by atoms with Gasteiger partial charge in [0.15, 0.2) is 0 Å². The highest BCUT2D eigenvalue weighted by atomic mass is 16.3. The van der Waals surface area contributed by atoms with E-state index in [-0.39, 0.29) is 12.5 Å². The van der Waals surface area contributed by atoms with Crippen molar-refractivity contribution in [2.45, 2.75) is 37.8 Å². The number of rotatable bonds is 4. The van der Waals surface area contributed by atoms with Crippen LogP contribution in [0.4, 0.5) is 0 Å². The Labute approximate surface area is 114 Å². The van der Waals surface area contributed by atoms with Gasteiger partial charge in [0, 0.05) is 0 Å². The minimum Gasteiger partial charge on any atom is -0.394 e. The first kappa shape index (κ1) is 14.0. The zero-order valence-electron chi connectivity index (χ0n) is 11.6. The summed E-state index contributed by atoms with van der Waals surface area (Å²) in [5.74, 6) is -0.0506. The van der Waals surface area contributed by atoms with Crippen LogP contribution in [0.25, 0.3) is 0 Å². The summed E-state index contributed by atoms with van der Waals surface area (Å²) in [4.78, 5) is 12.4. The van der Waals surface area contributed by atoms with Crippen LogP contribution in [0.5, 0.6) is 0 Å². The van der Waals surface area contributed by atoms with Gasteiger partial charge in [-0.05, 0) is 38.8 Å². The van der Waals surface area contributed by atoms with E-state index in [1.54, 1.807) is 0 Å². The Kier molecular flexibility index (Phi) is 3.92. The summed E-state index contributed by atoms with van der Waals surface area (Å²) in [7, 11) is 0. The van der Waals surface area contributed by atoms with E-state index >= 15 is 0 Å². The largest absolute Gasteiger partial charge is 0.394 e. The van der Waals surface area contributed by atoms with E-state index in [0.29, 0.717) is 0 Å². The van der Waals surface area contributed by atoms with E-state index in [2.05, 4.69) is 10.6 Å². The molecule has 0 aliphatic carbocycles. The molecule has 1 fully saturated rings. The topological polar surface area (TPSA) is 61.4 Å². The van der Waals surface area contributed by atoms with Crippen LogP contribution in [-0.2, 0) is 10.3 Å². The van der Waals surface area contributed by atoms with Crippen molar-refractivity contribution in [3.05, 3.63) is 35.9 Å². The molecule has 1 saturated heterocycles. The monoisotopic (exact) mass is 262 g/mol. The number of amides is 1. The molecule has 19 heavy (non-hydrogen) atoms. The molecule has 0 bridgehead atoms. The smallest absolute Gasteiger partial charge is 0.240 e. The molecule has 1 aliphatic rings. The maximum atomic E-state index is 12.4. The van der Waals surface area contributed by atoms with E-state index in [1.807, 2.05) is 44.2 Å². The summed E-state index contributed by atoms with van der Waals surface area (Å²) in [6, 6.07) is 9.57. The van der Waals surface area contributed by atoms with E-state index < -0.39 is 11.1 Å². The van der Waals surface area contributed by atoms with Gasteiger partial charge in [0.2, 0.25) is 5.91 Å². The molecule has 1 amide bonds. The van der Waals surface area contributed by atoms with Crippen LogP contribution in [0, 0.1) is 0 Å². The van der Waals surface area contributed by atoms with Crippen LogP contribution in [-0.4, -0.2) is 29.7 Å². The molecule has 1 aromatic carbocycles. The van der Waals surface area contributed by atoms with Crippen LogP contribution in [0.2, 0.25) is 0 Å². The van der Waals surface area contributed by atoms with Gasteiger partial charge in [-0.2, -0.15) is 0 Å². The first-order valence-corrected chi connectivity index (χ1v) is 6.74. The minimum atomic E-state index is -0.744. The molecule has 0 radical (unpaired) electrons. The molecule has 2 atom stereocenters. The first-order chi connectivity index (χ1) is 9.00. The Morgan fingerprint density at radius 1 is 1.47 bits per heavy atom. The van der Waals surface area contributed by atoms with Crippen molar-refractivity contribution in [3.8, 4) is 0 Å². The summed E-state index contributed by atoms with van der Waals surface area (Å²) in [5.41, 5.74) is -0.357. The average molecular weight is 262 g/mol. The molecule has 2 rings (SSSR count). The van der Waals surface area contributed by atoms with Gasteiger partial charge < -0.3 is 15.7 Å². The number of aliphatic hydroxyl groups excluding tert-OH is 1. The van der Waals surface area contributed by atoms with E-state index in [0.717, 1.165) is 24.9 Å². The summed E-state index contributed by atoms with van der Waals surface area (Å²) in [6.07, 6.45) is 1.83. The van der Waals surface area contributed by atoms with Gasteiger partial charge in [-0.25, -0.2) is 0 Å². The zero-order chi connectivity index (χ0) is 13.9. The Bertz CT molecular complexity index is 441. The molecule has 3 N–H and O–H groups in total. The Morgan fingerprint density at radius 3 is 2.68 bits per heavy atom. The molecule has 4 heteroatoms. The quantitative estimate of drug-likeness (QED) is 0.763. The van der Waals surface area contributed by atoms with Gasteiger partial charge in [-0.1, -0.05) is 30.3 Å². The SMILES string of the molecule is CC1(C(=O)NC(C)(CO)c2ccccc2)CCCN1. The third-order valence-corrected chi connectivity index (χ3v) is 3.99. The molecule has 0 saturated carbocycles. The normalized spacial score (nSPS) is 25.8. The van der Waals surface area contributed by atoms with Crippen LogP contribution < -0.4 is 10.6 Å². The lowest BCUT2D eigenvalue weighted by Crippen LogP contribution is -2.57. The van der Waals surface area contributed by atoms with Crippen molar-refractivity contribution in [2.75, 3.05) is 13.2 Å². The Morgan fingerprint density at radius 2 is 2.16 bits per heavy atom.